The molecule has 1 aliphatic rings. The molecule has 0 radical (unpaired) electrons. The molecule has 0 saturated heterocycles. The summed E-state index contributed by atoms with van der Waals surface area (Å²) in [5, 5.41) is 3.24. The number of carbonyl (C=O) groups is 1. The number of anilines is 1. The molecule has 2 aromatic rings. The van der Waals surface area contributed by atoms with Crippen LogP contribution in [0.4, 0.5) is 5.69 Å². The molecular formula is C18H19ClN2O3S. The van der Waals surface area contributed by atoms with Gasteiger partial charge in [0.1, 0.15) is 0 Å². The SMILES string of the molecule is CC(=O)Nc1ccc(S(=O)(=O)N[C@@H](c2ccc(Cl)cc2)C2CC2)cc1. The molecule has 132 valence electrons. The molecule has 25 heavy (non-hydrogen) atoms. The van der Waals surface area contributed by atoms with E-state index in [0.717, 1.165) is 18.4 Å². The summed E-state index contributed by atoms with van der Waals surface area (Å²) in [5.41, 5.74) is 1.47. The molecule has 1 atom stereocenters. The van der Waals surface area contributed by atoms with Crippen molar-refractivity contribution in [2.75, 3.05) is 5.32 Å². The van der Waals surface area contributed by atoms with Crippen LogP contribution in [0.25, 0.3) is 0 Å². The van der Waals surface area contributed by atoms with E-state index in [0.29, 0.717) is 16.6 Å². The second kappa shape index (κ2) is 7.15. The first-order chi connectivity index (χ1) is 11.8. The Bertz CT molecular complexity index is 860. The fourth-order valence-electron chi connectivity index (χ4n) is 2.69. The van der Waals surface area contributed by atoms with Gasteiger partial charge < -0.3 is 5.32 Å². The van der Waals surface area contributed by atoms with Gasteiger partial charge in [-0.15, -0.1) is 0 Å². The largest absolute Gasteiger partial charge is 0.326 e. The fourth-order valence-corrected chi connectivity index (χ4v) is 4.11. The monoisotopic (exact) mass is 378 g/mol. The molecule has 2 N–H and O–H groups in total. The molecule has 0 aliphatic heterocycles. The first kappa shape index (κ1) is 17.9. The molecule has 0 bridgehead atoms. The zero-order chi connectivity index (χ0) is 18.0. The number of halogens is 1. The summed E-state index contributed by atoms with van der Waals surface area (Å²) in [6.07, 6.45) is 1.99. The Morgan fingerprint density at radius 2 is 1.68 bits per heavy atom. The lowest BCUT2D eigenvalue weighted by molar-refractivity contribution is -0.114. The van der Waals surface area contributed by atoms with Crippen molar-refractivity contribution in [3.8, 4) is 0 Å². The highest BCUT2D eigenvalue weighted by Crippen LogP contribution is 2.42. The molecular weight excluding hydrogens is 360 g/mol. The predicted molar refractivity (Wildman–Crippen MR) is 98.0 cm³/mol. The van der Waals surface area contributed by atoms with Crippen LogP contribution in [0.5, 0.6) is 0 Å². The Morgan fingerprint density at radius 1 is 1.08 bits per heavy atom. The number of hydrogen-bond acceptors (Lipinski definition) is 3. The summed E-state index contributed by atoms with van der Waals surface area (Å²) in [6, 6.07) is 13.1. The van der Waals surface area contributed by atoms with Crippen molar-refractivity contribution in [2.45, 2.75) is 30.7 Å². The van der Waals surface area contributed by atoms with E-state index in [-0.39, 0.29) is 16.8 Å². The second-order valence-corrected chi connectivity index (χ2v) is 8.34. The van der Waals surface area contributed by atoms with E-state index in [2.05, 4.69) is 10.0 Å². The van der Waals surface area contributed by atoms with Crippen LogP contribution in [0.15, 0.2) is 53.4 Å². The molecule has 0 aromatic heterocycles. The van der Waals surface area contributed by atoms with Crippen LogP contribution in [0.2, 0.25) is 5.02 Å². The highest BCUT2D eigenvalue weighted by atomic mass is 35.5. The van der Waals surface area contributed by atoms with Gasteiger partial charge in [0.05, 0.1) is 4.90 Å². The lowest BCUT2D eigenvalue weighted by Crippen LogP contribution is -2.30. The summed E-state index contributed by atoms with van der Waals surface area (Å²) in [6.45, 7) is 1.40. The average Bonchev–Trinajstić information content (AvgIpc) is 3.38. The summed E-state index contributed by atoms with van der Waals surface area (Å²) in [4.78, 5) is 11.2. The fraction of sp³-hybridized carbons (Fsp3) is 0.278. The van der Waals surface area contributed by atoms with Crippen molar-refractivity contribution >= 4 is 33.2 Å². The quantitative estimate of drug-likeness (QED) is 0.804. The van der Waals surface area contributed by atoms with E-state index in [1.807, 2.05) is 12.1 Å². The van der Waals surface area contributed by atoms with Crippen LogP contribution < -0.4 is 10.0 Å². The van der Waals surface area contributed by atoms with Gasteiger partial charge in [-0.05, 0) is 60.7 Å². The molecule has 1 aliphatic carbocycles. The maximum atomic E-state index is 12.7. The number of hydrogen-bond donors (Lipinski definition) is 2. The third-order valence-corrected chi connectivity index (χ3v) is 5.80. The Hall–Kier alpha value is -1.89. The number of amides is 1. The number of nitrogens with one attached hydrogen (secondary N) is 2. The Morgan fingerprint density at radius 3 is 2.20 bits per heavy atom. The normalized spacial score (nSPS) is 15.6. The molecule has 0 unspecified atom stereocenters. The van der Waals surface area contributed by atoms with Crippen LogP contribution in [-0.4, -0.2) is 14.3 Å². The van der Waals surface area contributed by atoms with Crippen molar-refractivity contribution in [1.82, 2.24) is 4.72 Å². The van der Waals surface area contributed by atoms with Crippen LogP contribution >= 0.6 is 11.6 Å². The maximum Gasteiger partial charge on any atom is 0.241 e. The van der Waals surface area contributed by atoms with Crippen LogP contribution in [0, 0.1) is 5.92 Å². The summed E-state index contributed by atoms with van der Waals surface area (Å²) in [5.74, 6) is 0.0971. The van der Waals surface area contributed by atoms with E-state index < -0.39 is 10.0 Å². The van der Waals surface area contributed by atoms with E-state index in [1.165, 1.54) is 19.1 Å². The molecule has 3 rings (SSSR count). The minimum atomic E-state index is -3.66. The average molecular weight is 379 g/mol. The summed E-state index contributed by atoms with van der Waals surface area (Å²) < 4.78 is 28.3. The zero-order valence-electron chi connectivity index (χ0n) is 13.7. The number of benzene rings is 2. The molecule has 7 heteroatoms. The molecule has 1 amide bonds. The van der Waals surface area contributed by atoms with Gasteiger partial charge in [0.25, 0.3) is 0 Å². The van der Waals surface area contributed by atoms with Crippen molar-refractivity contribution < 1.29 is 13.2 Å². The first-order valence-electron chi connectivity index (χ1n) is 8.00. The lowest BCUT2D eigenvalue weighted by Gasteiger charge is -2.19. The molecule has 1 fully saturated rings. The Balaban J connectivity index is 1.81. The molecule has 5 nitrogen and oxygen atoms in total. The standard InChI is InChI=1S/C18H19ClN2O3S/c1-12(22)20-16-8-10-17(11-9-16)25(23,24)21-18(13-2-3-13)14-4-6-15(19)7-5-14/h4-11,13,18,21H,2-3H2,1H3,(H,20,22)/t18-/m1/s1. The highest BCUT2D eigenvalue weighted by molar-refractivity contribution is 7.89. The van der Waals surface area contributed by atoms with Crippen LogP contribution in [0.1, 0.15) is 31.4 Å². The van der Waals surface area contributed by atoms with Crippen molar-refractivity contribution in [3.63, 3.8) is 0 Å². The van der Waals surface area contributed by atoms with E-state index in [1.54, 1.807) is 24.3 Å². The van der Waals surface area contributed by atoms with Crippen molar-refractivity contribution in [3.05, 3.63) is 59.1 Å². The first-order valence-corrected chi connectivity index (χ1v) is 9.87. The summed E-state index contributed by atoms with van der Waals surface area (Å²) in [7, 11) is -3.66. The minimum Gasteiger partial charge on any atom is -0.326 e. The molecule has 2 aromatic carbocycles. The second-order valence-electron chi connectivity index (χ2n) is 6.19. The lowest BCUT2D eigenvalue weighted by atomic mass is 10.0. The summed E-state index contributed by atoms with van der Waals surface area (Å²) >= 11 is 5.92. The molecule has 1 saturated carbocycles. The number of sulfonamides is 1. The topological polar surface area (TPSA) is 75.3 Å². The van der Waals surface area contributed by atoms with Gasteiger partial charge in [-0.2, -0.15) is 0 Å². The van der Waals surface area contributed by atoms with Gasteiger partial charge >= 0.3 is 0 Å². The zero-order valence-corrected chi connectivity index (χ0v) is 15.3. The molecule has 0 heterocycles. The predicted octanol–water partition coefficient (Wildman–Crippen LogP) is 3.73. The molecule has 0 spiro atoms. The maximum absolute atomic E-state index is 12.7. The van der Waals surface area contributed by atoms with Gasteiger partial charge in [-0.1, -0.05) is 23.7 Å². The van der Waals surface area contributed by atoms with Crippen LogP contribution in [0.3, 0.4) is 0 Å². The van der Waals surface area contributed by atoms with E-state index in [4.69, 9.17) is 11.6 Å². The van der Waals surface area contributed by atoms with Gasteiger partial charge in [-0.3, -0.25) is 4.79 Å². The van der Waals surface area contributed by atoms with E-state index >= 15 is 0 Å². The Labute approximate surface area is 152 Å². The Kier molecular flexibility index (Phi) is 5.13. The van der Waals surface area contributed by atoms with Crippen LogP contribution in [-0.2, 0) is 14.8 Å². The van der Waals surface area contributed by atoms with Gasteiger partial charge in [0.15, 0.2) is 0 Å². The smallest absolute Gasteiger partial charge is 0.241 e. The third kappa shape index (κ3) is 4.60. The number of rotatable bonds is 6. The number of carbonyl (C=O) groups excluding carboxylic acids is 1. The third-order valence-electron chi connectivity index (χ3n) is 4.09. The van der Waals surface area contributed by atoms with Gasteiger partial charge in [-0.25, -0.2) is 13.1 Å². The minimum absolute atomic E-state index is 0.168. The van der Waals surface area contributed by atoms with Crippen molar-refractivity contribution in [2.24, 2.45) is 5.92 Å². The van der Waals surface area contributed by atoms with Crippen molar-refractivity contribution in [1.29, 1.82) is 0 Å². The van der Waals surface area contributed by atoms with E-state index in [9.17, 15) is 13.2 Å². The van der Waals surface area contributed by atoms with Gasteiger partial charge in [0, 0.05) is 23.7 Å². The highest BCUT2D eigenvalue weighted by Gasteiger charge is 2.35. The van der Waals surface area contributed by atoms with Gasteiger partial charge in [0.2, 0.25) is 15.9 Å².